The Morgan fingerprint density at radius 2 is 1.29 bits per heavy atom. The molecular weight excluding hydrogens is 592 g/mol. The van der Waals surface area contributed by atoms with E-state index in [1.54, 1.807) is 0 Å². The number of ether oxygens (including phenoxy) is 4. The average Bonchev–Trinajstić information content (AvgIpc) is 3.11. The second kappa shape index (κ2) is 12.2. The molecule has 0 spiro atoms. The van der Waals surface area contributed by atoms with Crippen molar-refractivity contribution in [2.75, 3.05) is 7.11 Å². The Bertz CT molecular complexity index is 1930. The molecule has 244 valence electrons. The van der Waals surface area contributed by atoms with Crippen molar-refractivity contribution in [3.05, 3.63) is 131 Å². The molecule has 3 aliphatic rings. The van der Waals surface area contributed by atoms with E-state index in [1.165, 1.54) is 33.2 Å². The Labute approximate surface area is 284 Å². The van der Waals surface area contributed by atoms with Crippen molar-refractivity contribution in [2.24, 2.45) is 0 Å². The van der Waals surface area contributed by atoms with Gasteiger partial charge in [-0.2, -0.15) is 0 Å². The fraction of sp³-hybridized carbons (Fsp3) is 0.318. The molecule has 0 aromatic heterocycles. The second-order valence-corrected chi connectivity index (χ2v) is 14.1. The molecule has 0 amide bonds. The van der Waals surface area contributed by atoms with Gasteiger partial charge in [0.25, 0.3) is 0 Å². The zero-order valence-electron chi connectivity index (χ0n) is 28.5. The summed E-state index contributed by atoms with van der Waals surface area (Å²) in [6.07, 6.45) is 8.26. The molecular formula is C44H44O4. The van der Waals surface area contributed by atoms with Crippen molar-refractivity contribution < 1.29 is 18.9 Å². The molecule has 3 atom stereocenters. The van der Waals surface area contributed by atoms with Crippen LogP contribution in [0, 0.1) is 0 Å². The van der Waals surface area contributed by atoms with Crippen molar-refractivity contribution >= 4 is 16.8 Å². The van der Waals surface area contributed by atoms with Crippen LogP contribution in [0.3, 0.4) is 0 Å². The standard InChI is InChI=1S/C44H44O4/c1-27(2)46-31-18-14-29(15-19-31)44(30-16-20-32(21-17-30)47-28(3)4)25-24-39-42-40-26-33(45-5)22-23-35(40)34-10-6-7-11-36(34)41(42)37-12-8-9-13-38(37)43(39)48-44/h6-21,24-25,27-28,33,35,40H,22-23,26H2,1-5H3. The van der Waals surface area contributed by atoms with E-state index in [-0.39, 0.29) is 18.3 Å². The molecule has 1 saturated carbocycles. The average molecular weight is 637 g/mol. The van der Waals surface area contributed by atoms with Gasteiger partial charge in [0.2, 0.25) is 0 Å². The maximum absolute atomic E-state index is 7.53. The monoisotopic (exact) mass is 636 g/mol. The molecule has 5 aromatic rings. The fourth-order valence-corrected chi connectivity index (χ4v) is 8.46. The van der Waals surface area contributed by atoms with E-state index in [0.717, 1.165) is 53.0 Å². The summed E-state index contributed by atoms with van der Waals surface area (Å²) < 4.78 is 25.6. The first-order valence-corrected chi connectivity index (χ1v) is 17.5. The van der Waals surface area contributed by atoms with Crippen LogP contribution in [-0.4, -0.2) is 25.4 Å². The Kier molecular flexibility index (Phi) is 7.80. The molecule has 4 nitrogen and oxygen atoms in total. The van der Waals surface area contributed by atoms with E-state index in [0.29, 0.717) is 11.8 Å². The fourth-order valence-electron chi connectivity index (χ4n) is 8.46. The highest BCUT2D eigenvalue weighted by Gasteiger charge is 2.44. The Hall–Kier alpha value is -4.54. The van der Waals surface area contributed by atoms with Gasteiger partial charge >= 0.3 is 0 Å². The van der Waals surface area contributed by atoms with Crippen molar-refractivity contribution in [3.8, 4) is 28.4 Å². The maximum atomic E-state index is 7.53. The van der Waals surface area contributed by atoms with E-state index in [2.05, 4.69) is 137 Å². The van der Waals surface area contributed by atoms with Gasteiger partial charge in [-0.3, -0.25) is 0 Å². The van der Waals surface area contributed by atoms with Gasteiger partial charge in [-0.05, 0) is 117 Å². The van der Waals surface area contributed by atoms with E-state index >= 15 is 0 Å². The molecule has 0 N–H and O–H groups in total. The molecule has 8 rings (SSSR count). The van der Waals surface area contributed by atoms with Gasteiger partial charge in [0.15, 0.2) is 5.60 Å². The molecule has 1 aliphatic heterocycles. The summed E-state index contributed by atoms with van der Waals surface area (Å²) >= 11 is 0. The van der Waals surface area contributed by atoms with Crippen LogP contribution in [0.5, 0.6) is 17.2 Å². The predicted octanol–water partition coefficient (Wildman–Crippen LogP) is 10.8. The number of hydrogen-bond donors (Lipinski definition) is 0. The van der Waals surface area contributed by atoms with E-state index in [4.69, 9.17) is 18.9 Å². The molecule has 1 fully saturated rings. The summed E-state index contributed by atoms with van der Waals surface area (Å²) in [5, 5.41) is 2.37. The van der Waals surface area contributed by atoms with Gasteiger partial charge in [-0.1, -0.05) is 78.9 Å². The SMILES string of the molecule is COC1CCC2c3ccccc3-c3c(c4c(c5ccccc35)OC(c3ccc(OC(C)C)cc3)(c3ccc(OC(C)C)cc3)C=C4)C2C1. The summed E-state index contributed by atoms with van der Waals surface area (Å²) in [5.74, 6) is 3.42. The molecule has 5 aromatic carbocycles. The van der Waals surface area contributed by atoms with Gasteiger partial charge < -0.3 is 18.9 Å². The van der Waals surface area contributed by atoms with Crippen molar-refractivity contribution in [2.45, 2.75) is 82.7 Å². The highest BCUT2D eigenvalue weighted by atomic mass is 16.5. The Morgan fingerprint density at radius 1 is 0.688 bits per heavy atom. The topological polar surface area (TPSA) is 36.9 Å². The third-order valence-electron chi connectivity index (χ3n) is 10.4. The number of methoxy groups -OCH3 is 1. The van der Waals surface area contributed by atoms with Crippen LogP contribution in [0.25, 0.3) is 28.0 Å². The first kappa shape index (κ1) is 30.8. The molecule has 0 bridgehead atoms. The lowest BCUT2D eigenvalue weighted by atomic mass is 9.63. The summed E-state index contributed by atoms with van der Waals surface area (Å²) in [6, 6.07) is 34.7. The van der Waals surface area contributed by atoms with Crippen LogP contribution in [0.4, 0.5) is 0 Å². The smallest absolute Gasteiger partial charge is 0.178 e. The lowest BCUT2D eigenvalue weighted by molar-refractivity contribution is 0.0569. The number of fused-ring (bicyclic) bond motifs is 11. The van der Waals surface area contributed by atoms with Crippen LogP contribution in [0.1, 0.15) is 86.6 Å². The Morgan fingerprint density at radius 3 is 1.92 bits per heavy atom. The van der Waals surface area contributed by atoms with Gasteiger partial charge in [-0.15, -0.1) is 0 Å². The zero-order valence-corrected chi connectivity index (χ0v) is 28.5. The first-order chi connectivity index (χ1) is 23.4. The molecule has 0 saturated heterocycles. The van der Waals surface area contributed by atoms with E-state index in [9.17, 15) is 0 Å². The first-order valence-electron chi connectivity index (χ1n) is 17.5. The zero-order chi connectivity index (χ0) is 33.0. The van der Waals surface area contributed by atoms with Gasteiger partial charge in [0.1, 0.15) is 17.2 Å². The highest BCUT2D eigenvalue weighted by Crippen LogP contribution is 2.59. The molecule has 3 unspecified atom stereocenters. The van der Waals surface area contributed by atoms with Crippen LogP contribution >= 0.6 is 0 Å². The minimum absolute atomic E-state index is 0.0972. The number of rotatable bonds is 7. The van der Waals surface area contributed by atoms with E-state index in [1.807, 2.05) is 7.11 Å². The maximum Gasteiger partial charge on any atom is 0.178 e. The second-order valence-electron chi connectivity index (χ2n) is 14.1. The third-order valence-corrected chi connectivity index (χ3v) is 10.4. The molecule has 2 aliphatic carbocycles. The molecule has 48 heavy (non-hydrogen) atoms. The number of benzene rings is 5. The quantitative estimate of drug-likeness (QED) is 0.178. The van der Waals surface area contributed by atoms with Gasteiger partial charge in [-0.25, -0.2) is 0 Å². The minimum atomic E-state index is -0.857. The third kappa shape index (κ3) is 5.09. The molecule has 4 heteroatoms. The summed E-state index contributed by atoms with van der Waals surface area (Å²) in [7, 11) is 1.87. The van der Waals surface area contributed by atoms with Crippen molar-refractivity contribution in [1.29, 1.82) is 0 Å². The van der Waals surface area contributed by atoms with Gasteiger partial charge in [0.05, 0.1) is 18.3 Å². The van der Waals surface area contributed by atoms with Crippen molar-refractivity contribution in [3.63, 3.8) is 0 Å². The van der Waals surface area contributed by atoms with Crippen molar-refractivity contribution in [1.82, 2.24) is 0 Å². The van der Waals surface area contributed by atoms with Crippen LogP contribution in [-0.2, 0) is 10.3 Å². The lowest BCUT2D eigenvalue weighted by Gasteiger charge is -2.44. The summed E-state index contributed by atoms with van der Waals surface area (Å²) in [6.45, 7) is 8.21. The molecule has 1 heterocycles. The largest absolute Gasteiger partial charge is 0.491 e. The summed E-state index contributed by atoms with van der Waals surface area (Å²) in [4.78, 5) is 0. The van der Waals surface area contributed by atoms with Gasteiger partial charge in [0, 0.05) is 29.2 Å². The summed E-state index contributed by atoms with van der Waals surface area (Å²) in [5.41, 5.74) is 8.00. The lowest BCUT2D eigenvalue weighted by Crippen LogP contribution is -2.35. The van der Waals surface area contributed by atoms with Crippen LogP contribution < -0.4 is 14.2 Å². The predicted molar refractivity (Wildman–Crippen MR) is 194 cm³/mol. The molecule has 0 radical (unpaired) electrons. The Balaban J connectivity index is 1.36. The van der Waals surface area contributed by atoms with Crippen LogP contribution in [0.15, 0.2) is 103 Å². The normalized spacial score (nSPS) is 20.4. The minimum Gasteiger partial charge on any atom is -0.491 e. The van der Waals surface area contributed by atoms with E-state index < -0.39 is 5.60 Å². The highest BCUT2D eigenvalue weighted by molar-refractivity contribution is 6.06. The number of hydrogen-bond acceptors (Lipinski definition) is 4. The van der Waals surface area contributed by atoms with Crippen LogP contribution in [0.2, 0.25) is 0 Å².